The summed E-state index contributed by atoms with van der Waals surface area (Å²) in [5, 5.41) is 6.83. The topological polar surface area (TPSA) is 50.7 Å². The van der Waals surface area contributed by atoms with Gasteiger partial charge in [-0.3, -0.25) is 0 Å². The molecule has 0 atom stereocenters. The lowest BCUT2D eigenvalue weighted by molar-refractivity contribution is 1.23. The summed E-state index contributed by atoms with van der Waals surface area (Å²) in [5.74, 6) is 0. The molecule has 0 aliphatic heterocycles. The molecule has 3 nitrogen and oxygen atoms in total. The minimum atomic E-state index is 0.752. The lowest BCUT2D eigenvalue weighted by Crippen LogP contribution is -1.95. The van der Waals surface area contributed by atoms with Crippen molar-refractivity contribution in [2.45, 2.75) is 13.8 Å². The van der Waals surface area contributed by atoms with Crippen LogP contribution >= 0.6 is 0 Å². The number of nitrogens with zero attached hydrogens (tertiary/aromatic N) is 2. The molecule has 0 spiro atoms. The van der Waals surface area contributed by atoms with Gasteiger partial charge >= 0.3 is 0 Å². The second-order valence-corrected chi connectivity index (χ2v) is 1.75. The van der Waals surface area contributed by atoms with Gasteiger partial charge in [-0.2, -0.15) is 10.2 Å². The van der Waals surface area contributed by atoms with Crippen molar-refractivity contribution in [2.24, 2.45) is 15.9 Å². The van der Waals surface area contributed by atoms with E-state index in [1.54, 1.807) is 6.21 Å². The van der Waals surface area contributed by atoms with E-state index in [0.717, 1.165) is 11.3 Å². The van der Waals surface area contributed by atoms with Gasteiger partial charge in [0.1, 0.15) is 0 Å². The Morgan fingerprint density at radius 1 is 1.56 bits per heavy atom. The predicted octanol–water partition coefficient (Wildman–Crippen LogP) is 0.925. The van der Waals surface area contributed by atoms with Crippen LogP contribution in [0.2, 0.25) is 0 Å². The molecule has 0 bridgehead atoms. The number of allylic oxidation sites excluding steroid dienone is 2. The first-order valence-corrected chi connectivity index (χ1v) is 2.60. The minimum absolute atomic E-state index is 0.752. The van der Waals surface area contributed by atoms with Crippen LogP contribution in [0.4, 0.5) is 0 Å². The first-order chi connectivity index (χ1) is 4.18. The fraction of sp³-hybridized carbons (Fsp3) is 0.333. The molecule has 0 aromatic carbocycles. The fourth-order valence-corrected chi connectivity index (χ4v) is 0.229. The lowest BCUT2D eigenvalue weighted by Gasteiger charge is -1.91. The summed E-state index contributed by atoms with van der Waals surface area (Å²) in [5.41, 5.74) is 7.07. The molecular weight excluding hydrogens is 114 g/mol. The highest BCUT2D eigenvalue weighted by Crippen LogP contribution is 1.91. The first-order valence-electron chi connectivity index (χ1n) is 2.60. The Labute approximate surface area is 55.0 Å². The van der Waals surface area contributed by atoms with E-state index in [2.05, 4.69) is 16.9 Å². The van der Waals surface area contributed by atoms with Crippen LogP contribution in [0.25, 0.3) is 0 Å². The SMILES string of the molecule is C=N/N=C\C(C)=C(\C)N. The monoisotopic (exact) mass is 125 g/mol. The number of nitrogens with two attached hydrogens (primary N) is 1. The number of hydrogen-bond acceptors (Lipinski definition) is 3. The normalized spacial score (nSPS) is 13.6. The van der Waals surface area contributed by atoms with E-state index in [0.29, 0.717) is 0 Å². The molecule has 0 fully saturated rings. The van der Waals surface area contributed by atoms with Gasteiger partial charge in [0.2, 0.25) is 0 Å². The van der Waals surface area contributed by atoms with E-state index in [-0.39, 0.29) is 0 Å². The molecule has 0 aliphatic rings. The molecule has 0 aromatic heterocycles. The van der Waals surface area contributed by atoms with E-state index < -0.39 is 0 Å². The molecule has 0 unspecified atom stereocenters. The van der Waals surface area contributed by atoms with Crippen LogP contribution in [0.5, 0.6) is 0 Å². The molecule has 3 heteroatoms. The van der Waals surface area contributed by atoms with Gasteiger partial charge in [-0.15, -0.1) is 0 Å². The van der Waals surface area contributed by atoms with Crippen molar-refractivity contribution in [3.63, 3.8) is 0 Å². The highest BCUT2D eigenvalue weighted by molar-refractivity contribution is 5.78. The molecule has 0 saturated heterocycles. The van der Waals surface area contributed by atoms with Crippen LogP contribution in [0, 0.1) is 0 Å². The van der Waals surface area contributed by atoms with Gasteiger partial charge in [0, 0.05) is 12.4 Å². The third-order valence-electron chi connectivity index (χ3n) is 0.955. The van der Waals surface area contributed by atoms with Crippen molar-refractivity contribution in [1.29, 1.82) is 0 Å². The van der Waals surface area contributed by atoms with Crippen molar-refractivity contribution in [1.82, 2.24) is 0 Å². The fourth-order valence-electron chi connectivity index (χ4n) is 0.229. The maximum atomic E-state index is 5.40. The zero-order valence-corrected chi connectivity index (χ0v) is 5.76. The molecule has 9 heavy (non-hydrogen) atoms. The third-order valence-corrected chi connectivity index (χ3v) is 0.955. The summed E-state index contributed by atoms with van der Waals surface area (Å²) in [6.45, 7) is 6.86. The standard InChI is InChI=1S/C6H11N3/c1-5(6(2)7)4-9-8-3/h4H,3,7H2,1-2H3/b6-5-,9-4-. The van der Waals surface area contributed by atoms with Crippen LogP contribution < -0.4 is 5.73 Å². The van der Waals surface area contributed by atoms with E-state index in [4.69, 9.17) is 5.73 Å². The molecule has 0 saturated carbocycles. The molecular formula is C6H11N3. The molecule has 0 aromatic rings. The molecule has 0 rings (SSSR count). The summed E-state index contributed by atoms with van der Waals surface area (Å²) >= 11 is 0. The van der Waals surface area contributed by atoms with E-state index >= 15 is 0 Å². The average molecular weight is 125 g/mol. The van der Waals surface area contributed by atoms with Crippen LogP contribution in [-0.2, 0) is 0 Å². The zero-order valence-electron chi connectivity index (χ0n) is 5.76. The Morgan fingerprint density at radius 3 is 2.44 bits per heavy atom. The molecule has 50 valence electrons. The predicted molar refractivity (Wildman–Crippen MR) is 40.6 cm³/mol. The largest absolute Gasteiger partial charge is 0.402 e. The maximum Gasteiger partial charge on any atom is 0.0541 e. The van der Waals surface area contributed by atoms with Gasteiger partial charge < -0.3 is 5.73 Å². The van der Waals surface area contributed by atoms with Crippen molar-refractivity contribution < 1.29 is 0 Å². The first kappa shape index (κ1) is 7.88. The van der Waals surface area contributed by atoms with Crippen LogP contribution in [0.3, 0.4) is 0 Å². The maximum absolute atomic E-state index is 5.40. The highest BCUT2D eigenvalue weighted by Gasteiger charge is 1.83. The van der Waals surface area contributed by atoms with Crippen LogP contribution in [0.15, 0.2) is 21.5 Å². The van der Waals surface area contributed by atoms with Crippen LogP contribution in [0.1, 0.15) is 13.8 Å². The van der Waals surface area contributed by atoms with Crippen LogP contribution in [-0.4, -0.2) is 12.9 Å². The Morgan fingerprint density at radius 2 is 2.11 bits per heavy atom. The second kappa shape index (κ2) is 3.83. The number of hydrogen-bond donors (Lipinski definition) is 1. The Balaban J connectivity index is 4.06. The summed E-state index contributed by atoms with van der Waals surface area (Å²) in [6.07, 6.45) is 1.57. The van der Waals surface area contributed by atoms with Crippen molar-refractivity contribution in [3.05, 3.63) is 11.3 Å². The highest BCUT2D eigenvalue weighted by atomic mass is 15.2. The van der Waals surface area contributed by atoms with Gasteiger partial charge in [-0.1, -0.05) is 0 Å². The quantitative estimate of drug-likeness (QED) is 0.433. The second-order valence-electron chi connectivity index (χ2n) is 1.75. The van der Waals surface area contributed by atoms with Crippen molar-refractivity contribution in [2.75, 3.05) is 0 Å². The van der Waals surface area contributed by atoms with Gasteiger partial charge in [-0.25, -0.2) is 0 Å². The molecule has 0 amide bonds. The van der Waals surface area contributed by atoms with Gasteiger partial charge in [0.15, 0.2) is 0 Å². The molecule has 2 N–H and O–H groups in total. The smallest absolute Gasteiger partial charge is 0.0541 e. The summed E-state index contributed by atoms with van der Waals surface area (Å²) in [6, 6.07) is 0. The van der Waals surface area contributed by atoms with Crippen molar-refractivity contribution >= 4 is 12.9 Å². The Hall–Kier alpha value is -1.12. The van der Waals surface area contributed by atoms with E-state index in [1.807, 2.05) is 13.8 Å². The van der Waals surface area contributed by atoms with Gasteiger partial charge in [0.25, 0.3) is 0 Å². The van der Waals surface area contributed by atoms with Crippen molar-refractivity contribution in [3.8, 4) is 0 Å². The average Bonchev–Trinajstić information content (AvgIpc) is 1.82. The van der Waals surface area contributed by atoms with Gasteiger partial charge in [0.05, 0.1) is 6.21 Å². The zero-order chi connectivity index (χ0) is 7.28. The molecule has 0 radical (unpaired) electrons. The summed E-state index contributed by atoms with van der Waals surface area (Å²) in [4.78, 5) is 0. The molecule has 0 heterocycles. The van der Waals surface area contributed by atoms with Gasteiger partial charge in [-0.05, 0) is 19.4 Å². The minimum Gasteiger partial charge on any atom is -0.402 e. The Kier molecular flexibility index (Phi) is 3.35. The third kappa shape index (κ3) is 3.46. The summed E-state index contributed by atoms with van der Waals surface area (Å²) < 4.78 is 0. The molecule has 0 aliphatic carbocycles. The van der Waals surface area contributed by atoms with E-state index in [1.165, 1.54) is 0 Å². The Bertz CT molecular complexity index is 152. The number of rotatable bonds is 2. The summed E-state index contributed by atoms with van der Waals surface area (Å²) in [7, 11) is 0. The van der Waals surface area contributed by atoms with E-state index in [9.17, 15) is 0 Å². The lowest BCUT2D eigenvalue weighted by atomic mass is 10.3.